The number of fused-ring (bicyclic) bond motifs is 1. The second-order valence-electron chi connectivity index (χ2n) is 8.20. The number of phenols is 1. The van der Waals surface area contributed by atoms with Crippen molar-refractivity contribution in [2.75, 3.05) is 0 Å². The summed E-state index contributed by atoms with van der Waals surface area (Å²) in [5, 5.41) is 11.1. The third-order valence-corrected chi connectivity index (χ3v) is 5.44. The summed E-state index contributed by atoms with van der Waals surface area (Å²) in [5.41, 5.74) is 2.62. The quantitative estimate of drug-likeness (QED) is 0.777. The van der Waals surface area contributed by atoms with Gasteiger partial charge in [0.2, 0.25) is 0 Å². The molecule has 1 aliphatic rings. The van der Waals surface area contributed by atoms with Gasteiger partial charge in [0.25, 0.3) is 0 Å². The third-order valence-electron chi connectivity index (χ3n) is 5.44. The molecule has 0 radical (unpaired) electrons. The van der Waals surface area contributed by atoms with Gasteiger partial charge in [-0.2, -0.15) is 0 Å². The molecule has 0 bridgehead atoms. The number of hydrogen-bond acceptors (Lipinski definition) is 2. The van der Waals surface area contributed by atoms with Crippen molar-refractivity contribution < 1.29 is 5.11 Å². The number of aromatic nitrogens is 1. The first-order chi connectivity index (χ1) is 10.3. The van der Waals surface area contributed by atoms with Gasteiger partial charge in [-0.1, -0.05) is 52.3 Å². The largest absolute Gasteiger partial charge is 0.506 e. The smallest absolute Gasteiger partial charge is 0.141 e. The Kier molecular flexibility index (Phi) is 3.66. The molecule has 1 heterocycles. The molecular formula is C20H27NO. The molecule has 1 aromatic heterocycles. The molecule has 2 atom stereocenters. The summed E-state index contributed by atoms with van der Waals surface area (Å²) in [5.74, 6) is 0.769. The average molecular weight is 297 g/mol. The van der Waals surface area contributed by atoms with Crippen LogP contribution >= 0.6 is 0 Å². The molecule has 2 aromatic rings. The zero-order valence-corrected chi connectivity index (χ0v) is 14.2. The minimum Gasteiger partial charge on any atom is -0.506 e. The number of hydrogen-bond donors (Lipinski definition) is 1. The van der Waals surface area contributed by atoms with Crippen LogP contribution < -0.4 is 0 Å². The van der Waals surface area contributed by atoms with Gasteiger partial charge in [-0.25, -0.2) is 4.98 Å². The monoisotopic (exact) mass is 297 g/mol. The Labute approximate surface area is 133 Å². The van der Waals surface area contributed by atoms with Gasteiger partial charge in [0, 0.05) is 17.0 Å². The highest BCUT2D eigenvalue weighted by Crippen LogP contribution is 2.53. The van der Waals surface area contributed by atoms with Gasteiger partial charge in [-0.05, 0) is 42.2 Å². The maximum atomic E-state index is 10.1. The van der Waals surface area contributed by atoms with Crippen LogP contribution in [0, 0.1) is 10.8 Å². The van der Waals surface area contributed by atoms with E-state index in [1.807, 2.05) is 12.1 Å². The Hall–Kier alpha value is -1.57. The molecule has 0 amide bonds. The Bertz CT molecular complexity index is 691. The molecule has 1 fully saturated rings. The van der Waals surface area contributed by atoms with Crippen LogP contribution in [0.25, 0.3) is 10.9 Å². The highest BCUT2D eigenvalue weighted by molar-refractivity contribution is 5.84. The minimum atomic E-state index is 0.285. The lowest BCUT2D eigenvalue weighted by Gasteiger charge is -2.46. The molecule has 118 valence electrons. The number of para-hydroxylation sites is 1. The number of pyridine rings is 1. The van der Waals surface area contributed by atoms with Crippen LogP contribution in [-0.2, 0) is 0 Å². The molecule has 2 nitrogen and oxygen atoms in total. The summed E-state index contributed by atoms with van der Waals surface area (Å²) < 4.78 is 0. The van der Waals surface area contributed by atoms with Crippen molar-refractivity contribution in [3.8, 4) is 5.75 Å². The number of benzene rings is 1. The van der Waals surface area contributed by atoms with Crippen molar-refractivity contribution in [2.45, 2.75) is 59.3 Å². The molecule has 1 aliphatic carbocycles. The summed E-state index contributed by atoms with van der Waals surface area (Å²) in [6.45, 7) is 9.48. The van der Waals surface area contributed by atoms with Crippen molar-refractivity contribution in [3.63, 3.8) is 0 Å². The van der Waals surface area contributed by atoms with E-state index in [0.29, 0.717) is 16.7 Å². The standard InChI is InChI=1S/C20H27NO/c1-5-20(4)12-15(11-19(2,3)13-20)16-10-9-14-7-6-8-17(22)18(14)21-16/h6-10,15,22H,5,11-13H2,1-4H3. The third kappa shape index (κ3) is 2.84. The molecular weight excluding hydrogens is 270 g/mol. The first kappa shape index (κ1) is 15.3. The molecule has 3 rings (SSSR count). The van der Waals surface area contributed by atoms with Gasteiger partial charge >= 0.3 is 0 Å². The zero-order chi connectivity index (χ0) is 16.0. The van der Waals surface area contributed by atoms with Crippen LogP contribution in [-0.4, -0.2) is 10.1 Å². The van der Waals surface area contributed by atoms with Crippen LogP contribution in [0.3, 0.4) is 0 Å². The molecule has 0 aliphatic heterocycles. The Morgan fingerprint density at radius 2 is 1.91 bits per heavy atom. The predicted molar refractivity (Wildman–Crippen MR) is 92.2 cm³/mol. The SMILES string of the molecule is CCC1(C)CC(c2ccc3cccc(O)c3n2)CC(C)(C)C1. The molecule has 1 aromatic carbocycles. The first-order valence-electron chi connectivity index (χ1n) is 8.41. The second kappa shape index (κ2) is 5.26. The molecule has 1 saturated carbocycles. The number of nitrogens with zero attached hydrogens (tertiary/aromatic N) is 1. The van der Waals surface area contributed by atoms with Gasteiger partial charge in [0.1, 0.15) is 11.3 Å². The second-order valence-corrected chi connectivity index (χ2v) is 8.20. The summed E-state index contributed by atoms with van der Waals surface area (Å²) in [7, 11) is 0. The number of aromatic hydroxyl groups is 1. The maximum Gasteiger partial charge on any atom is 0.141 e. The topological polar surface area (TPSA) is 33.1 Å². The molecule has 22 heavy (non-hydrogen) atoms. The maximum absolute atomic E-state index is 10.1. The van der Waals surface area contributed by atoms with Crippen molar-refractivity contribution in [3.05, 3.63) is 36.0 Å². The van der Waals surface area contributed by atoms with Gasteiger partial charge in [0.05, 0.1) is 0 Å². The zero-order valence-electron chi connectivity index (χ0n) is 14.2. The molecule has 2 heteroatoms. The van der Waals surface area contributed by atoms with Crippen molar-refractivity contribution in [2.24, 2.45) is 10.8 Å². The fraction of sp³-hybridized carbons (Fsp3) is 0.550. The van der Waals surface area contributed by atoms with E-state index in [4.69, 9.17) is 4.98 Å². The number of phenolic OH excluding ortho intramolecular Hbond substituents is 1. The average Bonchev–Trinajstić information content (AvgIpc) is 2.45. The molecule has 1 N–H and O–H groups in total. The number of rotatable bonds is 2. The van der Waals surface area contributed by atoms with Crippen molar-refractivity contribution in [1.29, 1.82) is 0 Å². The summed E-state index contributed by atoms with van der Waals surface area (Å²) >= 11 is 0. The predicted octanol–water partition coefficient (Wildman–Crippen LogP) is 5.65. The van der Waals surface area contributed by atoms with E-state index in [0.717, 1.165) is 16.6 Å². The van der Waals surface area contributed by atoms with Gasteiger partial charge in [-0.15, -0.1) is 0 Å². The van der Waals surface area contributed by atoms with E-state index in [-0.39, 0.29) is 5.75 Å². The lowest BCUT2D eigenvalue weighted by atomic mass is 9.59. The Balaban J connectivity index is 2.01. The lowest BCUT2D eigenvalue weighted by Crippen LogP contribution is -2.34. The molecule has 2 unspecified atom stereocenters. The normalized spacial score (nSPS) is 27.9. The van der Waals surface area contributed by atoms with E-state index in [1.54, 1.807) is 6.07 Å². The minimum absolute atomic E-state index is 0.285. The van der Waals surface area contributed by atoms with E-state index < -0.39 is 0 Å². The van der Waals surface area contributed by atoms with Crippen LogP contribution in [0.1, 0.15) is 65.0 Å². The van der Waals surface area contributed by atoms with Crippen molar-refractivity contribution in [1.82, 2.24) is 4.98 Å². The van der Waals surface area contributed by atoms with Gasteiger partial charge in [-0.3, -0.25) is 0 Å². The molecule has 0 spiro atoms. The summed E-state index contributed by atoms with van der Waals surface area (Å²) in [6.07, 6.45) is 4.87. The van der Waals surface area contributed by atoms with E-state index in [9.17, 15) is 5.11 Å². The summed E-state index contributed by atoms with van der Waals surface area (Å²) in [4.78, 5) is 4.81. The van der Waals surface area contributed by atoms with Crippen molar-refractivity contribution >= 4 is 10.9 Å². The Morgan fingerprint density at radius 3 is 2.64 bits per heavy atom. The van der Waals surface area contributed by atoms with Crippen LogP contribution in [0.2, 0.25) is 0 Å². The van der Waals surface area contributed by atoms with E-state index in [2.05, 4.69) is 39.8 Å². The Morgan fingerprint density at radius 1 is 1.14 bits per heavy atom. The highest BCUT2D eigenvalue weighted by Gasteiger charge is 2.41. The lowest BCUT2D eigenvalue weighted by molar-refractivity contribution is 0.0771. The van der Waals surface area contributed by atoms with E-state index >= 15 is 0 Å². The molecule has 0 saturated heterocycles. The first-order valence-corrected chi connectivity index (χ1v) is 8.41. The van der Waals surface area contributed by atoms with E-state index in [1.165, 1.54) is 25.7 Å². The van der Waals surface area contributed by atoms with Gasteiger partial charge in [0.15, 0.2) is 0 Å². The van der Waals surface area contributed by atoms with Crippen LogP contribution in [0.15, 0.2) is 30.3 Å². The highest BCUT2D eigenvalue weighted by atomic mass is 16.3. The summed E-state index contributed by atoms with van der Waals surface area (Å²) in [6, 6.07) is 9.86. The van der Waals surface area contributed by atoms with Crippen LogP contribution in [0.4, 0.5) is 0 Å². The van der Waals surface area contributed by atoms with Gasteiger partial charge < -0.3 is 5.11 Å². The fourth-order valence-electron chi connectivity index (χ4n) is 4.49. The fourth-order valence-corrected chi connectivity index (χ4v) is 4.49. The van der Waals surface area contributed by atoms with Crippen LogP contribution in [0.5, 0.6) is 5.75 Å².